The second-order valence-corrected chi connectivity index (χ2v) is 16.8. The molecule has 1 saturated heterocycles. The van der Waals surface area contributed by atoms with Gasteiger partial charge in [0.2, 0.25) is 0 Å². The first kappa shape index (κ1) is 44.0. The minimum absolute atomic E-state index is 0.0940. The van der Waals surface area contributed by atoms with Crippen LogP contribution in [-0.2, 0) is 24.1 Å². The molecule has 16 heteroatoms. The standard InChI is InChI=1S/C43H52BrN8O6P/c1-29(2)52(30(3)4)59(56-24-12-23-45)58-36-25-38(51-41-39(49-42(51)44)40(46-27-47-41)48-28-50(5)6)57-37(36)26-55-43(31-13-10-9-11-14-31,32-15-19-34(53-7)20-16-32)33-17-21-35(54-8)22-18-33/h9-11,13-22,27-30,36-38H,12,24-26H2,1-8H3/t36-,37-,38-,59?/m1/s1. The predicted molar refractivity (Wildman–Crippen MR) is 232 cm³/mol. The van der Waals surface area contributed by atoms with Gasteiger partial charge in [-0.3, -0.25) is 4.57 Å². The molecule has 5 aromatic rings. The molecule has 4 atom stereocenters. The van der Waals surface area contributed by atoms with E-state index in [0.717, 1.165) is 28.2 Å². The average Bonchev–Trinajstić information content (AvgIpc) is 3.79. The third-order valence-electron chi connectivity index (χ3n) is 9.82. The molecule has 0 amide bonds. The highest BCUT2D eigenvalue weighted by molar-refractivity contribution is 9.10. The van der Waals surface area contributed by atoms with Crippen molar-refractivity contribution in [2.24, 2.45) is 4.99 Å². The van der Waals surface area contributed by atoms with E-state index in [0.29, 0.717) is 28.1 Å². The summed E-state index contributed by atoms with van der Waals surface area (Å²) in [6, 6.07) is 28.4. The van der Waals surface area contributed by atoms with Crippen molar-refractivity contribution in [2.75, 3.05) is 41.5 Å². The van der Waals surface area contributed by atoms with Crippen molar-refractivity contribution >= 4 is 47.8 Å². The fourth-order valence-electron chi connectivity index (χ4n) is 7.20. The van der Waals surface area contributed by atoms with Crippen molar-refractivity contribution in [1.82, 2.24) is 29.1 Å². The Hall–Kier alpha value is -4.52. The largest absolute Gasteiger partial charge is 0.497 e. The van der Waals surface area contributed by atoms with Gasteiger partial charge >= 0.3 is 0 Å². The molecule has 1 aliphatic rings. The van der Waals surface area contributed by atoms with Crippen LogP contribution in [0.1, 0.15) is 63.5 Å². The monoisotopic (exact) mass is 886 g/mol. The molecular formula is C43H52BrN8O6P. The van der Waals surface area contributed by atoms with Gasteiger partial charge in [0.25, 0.3) is 8.53 Å². The number of fused-ring (bicyclic) bond motifs is 1. The second-order valence-electron chi connectivity index (χ2n) is 14.7. The van der Waals surface area contributed by atoms with E-state index in [1.165, 1.54) is 6.33 Å². The maximum atomic E-state index is 9.42. The number of ether oxygens (including phenoxy) is 4. The molecule has 1 aliphatic heterocycles. The van der Waals surface area contributed by atoms with E-state index < -0.39 is 32.6 Å². The quantitative estimate of drug-likeness (QED) is 0.0195. The summed E-state index contributed by atoms with van der Waals surface area (Å²) in [7, 11) is 5.44. The van der Waals surface area contributed by atoms with Crippen LogP contribution in [0.3, 0.4) is 0 Å². The molecule has 14 nitrogen and oxygen atoms in total. The third kappa shape index (κ3) is 9.93. The Kier molecular flexibility index (Phi) is 15.0. The normalized spacial score (nSPS) is 17.6. The fraction of sp³-hybridized carbons (Fsp3) is 0.419. The lowest BCUT2D eigenvalue weighted by Gasteiger charge is -2.39. The first-order valence-corrected chi connectivity index (χ1v) is 21.4. The van der Waals surface area contributed by atoms with Crippen LogP contribution in [-0.4, -0.2) is 101 Å². The Morgan fingerprint density at radius 2 is 1.56 bits per heavy atom. The number of aliphatic imine (C=N–C) groups is 1. The van der Waals surface area contributed by atoms with Gasteiger partial charge in [-0.1, -0.05) is 54.6 Å². The zero-order valence-corrected chi connectivity index (χ0v) is 37.2. The minimum Gasteiger partial charge on any atom is -0.497 e. The van der Waals surface area contributed by atoms with Gasteiger partial charge in [-0.15, -0.1) is 0 Å². The van der Waals surface area contributed by atoms with Gasteiger partial charge in [0.05, 0.1) is 52.4 Å². The van der Waals surface area contributed by atoms with Gasteiger partial charge in [-0.2, -0.15) is 5.26 Å². The van der Waals surface area contributed by atoms with E-state index in [-0.39, 0.29) is 31.7 Å². The number of nitriles is 1. The third-order valence-corrected chi connectivity index (χ3v) is 12.5. The summed E-state index contributed by atoms with van der Waals surface area (Å²) in [5.41, 5.74) is 2.67. The molecule has 1 unspecified atom stereocenters. The summed E-state index contributed by atoms with van der Waals surface area (Å²) in [6.45, 7) is 8.80. The lowest BCUT2D eigenvalue weighted by molar-refractivity contribution is -0.0915. The highest BCUT2D eigenvalue weighted by Crippen LogP contribution is 2.51. The summed E-state index contributed by atoms with van der Waals surface area (Å²) >= 11 is 3.70. The minimum atomic E-state index is -1.64. The van der Waals surface area contributed by atoms with E-state index in [2.05, 4.69) is 81.5 Å². The molecule has 0 aliphatic carbocycles. The summed E-state index contributed by atoms with van der Waals surface area (Å²) in [5.74, 6) is 1.88. The van der Waals surface area contributed by atoms with Crippen molar-refractivity contribution < 1.29 is 28.0 Å². The molecule has 2 aromatic heterocycles. The lowest BCUT2D eigenvalue weighted by atomic mass is 9.80. The van der Waals surface area contributed by atoms with E-state index in [9.17, 15) is 5.26 Å². The van der Waals surface area contributed by atoms with E-state index >= 15 is 0 Å². The maximum Gasteiger partial charge on any atom is 0.259 e. The zero-order valence-electron chi connectivity index (χ0n) is 34.7. The molecule has 59 heavy (non-hydrogen) atoms. The smallest absolute Gasteiger partial charge is 0.259 e. The Balaban J connectivity index is 1.46. The lowest BCUT2D eigenvalue weighted by Crippen LogP contribution is -2.39. The summed E-state index contributed by atoms with van der Waals surface area (Å²) in [4.78, 5) is 20.2. The topological polar surface area (TPSA) is 142 Å². The molecule has 3 heterocycles. The van der Waals surface area contributed by atoms with Crippen LogP contribution >= 0.6 is 24.5 Å². The molecule has 0 spiro atoms. The second kappa shape index (κ2) is 20.2. The van der Waals surface area contributed by atoms with E-state index in [4.69, 9.17) is 33.0 Å². The number of hydrogen-bond acceptors (Lipinski definition) is 12. The predicted octanol–water partition coefficient (Wildman–Crippen LogP) is 8.78. The Morgan fingerprint density at radius 3 is 2.12 bits per heavy atom. The number of nitrogens with zero attached hydrogens (tertiary/aromatic N) is 8. The van der Waals surface area contributed by atoms with Crippen LogP contribution in [0.25, 0.3) is 11.2 Å². The number of imidazole rings is 1. The van der Waals surface area contributed by atoms with Crippen molar-refractivity contribution in [2.45, 2.75) is 76.7 Å². The number of halogens is 1. The van der Waals surface area contributed by atoms with Crippen LogP contribution in [0.4, 0.5) is 5.82 Å². The van der Waals surface area contributed by atoms with Gasteiger partial charge in [-0.25, -0.2) is 24.6 Å². The van der Waals surface area contributed by atoms with Gasteiger partial charge < -0.3 is 32.9 Å². The van der Waals surface area contributed by atoms with Crippen molar-refractivity contribution in [3.05, 3.63) is 107 Å². The Labute approximate surface area is 356 Å². The van der Waals surface area contributed by atoms with Crippen LogP contribution in [0.2, 0.25) is 0 Å². The van der Waals surface area contributed by atoms with Crippen molar-refractivity contribution in [3.63, 3.8) is 0 Å². The van der Waals surface area contributed by atoms with Crippen LogP contribution in [0.15, 0.2) is 94.9 Å². The first-order chi connectivity index (χ1) is 28.5. The maximum absolute atomic E-state index is 9.42. The molecule has 0 saturated carbocycles. The van der Waals surface area contributed by atoms with Gasteiger partial charge in [0.1, 0.15) is 35.8 Å². The number of methoxy groups -OCH3 is 2. The summed E-state index contributed by atoms with van der Waals surface area (Å²) in [5, 5.41) is 9.42. The van der Waals surface area contributed by atoms with Crippen LogP contribution in [0.5, 0.6) is 11.5 Å². The Bertz CT molecular complexity index is 2130. The summed E-state index contributed by atoms with van der Waals surface area (Å²) in [6.07, 6.45) is 2.08. The van der Waals surface area contributed by atoms with E-state index in [1.54, 1.807) is 20.6 Å². The molecular weight excluding hydrogens is 835 g/mol. The first-order valence-electron chi connectivity index (χ1n) is 19.5. The molecule has 1 fully saturated rings. The van der Waals surface area contributed by atoms with E-state index in [1.807, 2.05) is 90.3 Å². The van der Waals surface area contributed by atoms with Crippen molar-refractivity contribution in [1.29, 1.82) is 5.26 Å². The average molecular weight is 888 g/mol. The number of hydrogen-bond donors (Lipinski definition) is 0. The van der Waals surface area contributed by atoms with Crippen LogP contribution in [0, 0.1) is 11.3 Å². The fourth-order valence-corrected chi connectivity index (χ4v) is 9.53. The van der Waals surface area contributed by atoms with Gasteiger partial charge in [0.15, 0.2) is 21.7 Å². The highest BCUT2D eigenvalue weighted by atomic mass is 79.9. The molecule has 0 bridgehead atoms. The molecule has 0 radical (unpaired) electrons. The molecule has 312 valence electrons. The number of aromatic nitrogens is 4. The summed E-state index contributed by atoms with van der Waals surface area (Å²) < 4.78 is 43.7. The van der Waals surface area contributed by atoms with Gasteiger partial charge in [0, 0.05) is 32.6 Å². The molecule has 3 aromatic carbocycles. The van der Waals surface area contributed by atoms with Crippen molar-refractivity contribution in [3.8, 4) is 17.6 Å². The van der Waals surface area contributed by atoms with Gasteiger partial charge in [-0.05, 0) is 84.6 Å². The van der Waals surface area contributed by atoms with Crippen LogP contribution < -0.4 is 9.47 Å². The number of benzene rings is 3. The zero-order chi connectivity index (χ0) is 42.1. The number of rotatable bonds is 19. The highest BCUT2D eigenvalue weighted by Gasteiger charge is 2.45. The molecule has 6 rings (SSSR count). The SMILES string of the molecule is COc1ccc(C(OC[C@H]2O[C@@H](n3c(Br)nc4c(N=CN(C)C)ncnc43)C[C@H]2OP(OCCC#N)N(C(C)C)C(C)C)(c2ccccc2)c2ccc(OC)cc2)cc1. The Morgan fingerprint density at radius 1 is 0.949 bits per heavy atom. The molecule has 0 N–H and O–H groups in total.